The fraction of sp³-hybridized carbons (Fsp3) is 0.258. The third-order valence-corrected chi connectivity index (χ3v) is 9.35. The van der Waals surface area contributed by atoms with Crippen molar-refractivity contribution in [1.29, 1.82) is 5.26 Å². The first kappa shape index (κ1) is 31.6. The monoisotopic (exact) mass is 687 g/mol. The number of carboxylic acids is 1. The number of alkyl halides is 3. The summed E-state index contributed by atoms with van der Waals surface area (Å²) in [5.74, 6) is -1.91. The lowest BCUT2D eigenvalue weighted by Crippen LogP contribution is -2.53. The molecule has 1 aliphatic heterocycles. The number of hydrogen-bond acceptors (Lipinski definition) is 8. The van der Waals surface area contributed by atoms with E-state index in [0.717, 1.165) is 0 Å². The van der Waals surface area contributed by atoms with Gasteiger partial charge in [-0.25, -0.2) is 9.78 Å². The predicted octanol–water partition coefficient (Wildman–Crippen LogP) is 7.24. The van der Waals surface area contributed by atoms with Gasteiger partial charge in [0.25, 0.3) is 5.56 Å². The van der Waals surface area contributed by atoms with Crippen molar-refractivity contribution in [3.8, 4) is 22.9 Å². The van der Waals surface area contributed by atoms with Gasteiger partial charge in [-0.3, -0.25) is 14.3 Å². The first-order valence-electron chi connectivity index (χ1n) is 13.8. The van der Waals surface area contributed by atoms with E-state index in [0.29, 0.717) is 43.6 Å². The number of aromatic nitrogens is 3. The summed E-state index contributed by atoms with van der Waals surface area (Å²) in [5, 5.41) is 21.6. The number of nitriles is 1. The second-order valence-electron chi connectivity index (χ2n) is 10.8. The van der Waals surface area contributed by atoms with Crippen molar-refractivity contribution in [2.24, 2.45) is 5.92 Å². The summed E-state index contributed by atoms with van der Waals surface area (Å²) < 4.78 is 47.6. The van der Waals surface area contributed by atoms with Gasteiger partial charge in [0.2, 0.25) is 0 Å². The minimum atomic E-state index is -4.38. The summed E-state index contributed by atoms with van der Waals surface area (Å²) in [5.41, 5.74) is 1.85. The van der Waals surface area contributed by atoms with Crippen molar-refractivity contribution < 1.29 is 27.8 Å². The third kappa shape index (κ3) is 5.50. The zero-order valence-electron chi connectivity index (χ0n) is 24.1. The SMILES string of the molecule is Cc1cc(-c2cc(Cl)ccc2OCCn2c(C)nc3cc(Cl)c(N4CC(C(F)(F)F)C4)c(C#N)c3c2=O)c2scc(C(=O)O)c2n1. The Bertz CT molecular complexity index is 2170. The molecule has 15 heteroatoms. The molecule has 3 aromatic heterocycles. The average molecular weight is 689 g/mol. The van der Waals surface area contributed by atoms with Crippen molar-refractivity contribution in [2.75, 3.05) is 24.6 Å². The Kier molecular flexibility index (Phi) is 8.08. The molecule has 1 aliphatic rings. The maximum atomic E-state index is 13.8. The topological polar surface area (TPSA) is 121 Å². The Labute approximate surface area is 273 Å². The number of aryl methyl sites for hydroxylation is 2. The molecule has 1 saturated heterocycles. The standard InChI is InChI=1S/C31H22Cl2F3N5O4S/c1-14-7-19(28-26(38-14)21(13-46-28)30(43)44)18-8-17(32)3-4-24(18)45-6-5-41-15(2)39-23-9-22(33)27(20(10-37)25(23)29(41)42)40-11-16(12-40)31(34,35)36/h3-4,7-9,13,16H,5-6,11-12H2,1-2H3,(H,43,44). The van der Waals surface area contributed by atoms with E-state index in [1.165, 1.54) is 32.3 Å². The van der Waals surface area contributed by atoms with Gasteiger partial charge in [-0.05, 0) is 44.2 Å². The van der Waals surface area contributed by atoms with Gasteiger partial charge in [-0.2, -0.15) is 18.4 Å². The highest BCUT2D eigenvalue weighted by Crippen LogP contribution is 2.43. The number of fused-ring (bicyclic) bond motifs is 2. The van der Waals surface area contributed by atoms with E-state index in [1.807, 2.05) is 12.1 Å². The Hall–Kier alpha value is -4.38. The Morgan fingerprint density at radius 2 is 1.91 bits per heavy atom. The molecule has 0 unspecified atom stereocenters. The largest absolute Gasteiger partial charge is 0.491 e. The molecule has 4 heterocycles. The van der Waals surface area contributed by atoms with Crippen LogP contribution in [0.3, 0.4) is 0 Å². The van der Waals surface area contributed by atoms with Crippen molar-refractivity contribution in [3.63, 3.8) is 0 Å². The maximum absolute atomic E-state index is 13.8. The van der Waals surface area contributed by atoms with E-state index in [9.17, 15) is 33.1 Å². The molecular formula is C31H22Cl2F3N5O4S. The van der Waals surface area contributed by atoms with Gasteiger partial charge >= 0.3 is 12.1 Å². The molecule has 2 aromatic carbocycles. The zero-order valence-corrected chi connectivity index (χ0v) is 26.4. The highest BCUT2D eigenvalue weighted by molar-refractivity contribution is 7.18. The van der Waals surface area contributed by atoms with Crippen LogP contribution in [0.5, 0.6) is 5.75 Å². The van der Waals surface area contributed by atoms with E-state index in [1.54, 1.807) is 32.0 Å². The summed E-state index contributed by atoms with van der Waals surface area (Å²) in [7, 11) is 0. The van der Waals surface area contributed by atoms with Crippen LogP contribution in [0.1, 0.15) is 27.4 Å². The number of benzene rings is 2. The quantitative estimate of drug-likeness (QED) is 0.190. The van der Waals surface area contributed by atoms with Crippen LogP contribution in [-0.2, 0) is 6.54 Å². The van der Waals surface area contributed by atoms with Gasteiger partial charge in [-0.1, -0.05) is 23.2 Å². The van der Waals surface area contributed by atoms with Crippen LogP contribution in [0, 0.1) is 31.1 Å². The number of nitrogens with zero attached hydrogens (tertiary/aromatic N) is 5. The average Bonchev–Trinajstić information content (AvgIpc) is 3.38. The molecule has 0 radical (unpaired) electrons. The van der Waals surface area contributed by atoms with Crippen LogP contribution < -0.4 is 15.2 Å². The van der Waals surface area contributed by atoms with Crippen LogP contribution >= 0.6 is 34.5 Å². The lowest BCUT2D eigenvalue weighted by Gasteiger charge is -2.42. The lowest BCUT2D eigenvalue weighted by molar-refractivity contribution is -0.180. The van der Waals surface area contributed by atoms with Crippen molar-refractivity contribution >= 4 is 67.3 Å². The summed E-state index contributed by atoms with van der Waals surface area (Å²) >= 11 is 14.0. The van der Waals surface area contributed by atoms with E-state index in [4.69, 9.17) is 27.9 Å². The Morgan fingerprint density at radius 1 is 1.17 bits per heavy atom. The van der Waals surface area contributed by atoms with E-state index in [-0.39, 0.29) is 59.0 Å². The number of rotatable bonds is 7. The van der Waals surface area contributed by atoms with Crippen LogP contribution in [0.15, 0.2) is 40.5 Å². The Morgan fingerprint density at radius 3 is 2.59 bits per heavy atom. The van der Waals surface area contributed by atoms with Gasteiger partial charge < -0.3 is 14.7 Å². The number of ether oxygens (including phenoxy) is 1. The van der Waals surface area contributed by atoms with Crippen LogP contribution in [0.2, 0.25) is 10.0 Å². The van der Waals surface area contributed by atoms with Crippen molar-refractivity contribution in [1.82, 2.24) is 14.5 Å². The Balaban J connectivity index is 1.33. The fourth-order valence-corrected chi connectivity index (χ4v) is 7.07. The molecular weight excluding hydrogens is 666 g/mol. The predicted molar refractivity (Wildman–Crippen MR) is 169 cm³/mol. The number of pyridine rings is 1. The fourth-order valence-electron chi connectivity index (χ4n) is 5.57. The molecule has 9 nitrogen and oxygen atoms in total. The molecule has 46 heavy (non-hydrogen) atoms. The molecule has 0 aliphatic carbocycles. The molecule has 6 rings (SSSR count). The van der Waals surface area contributed by atoms with Gasteiger partial charge in [0.15, 0.2) is 0 Å². The number of carboxylic acid groups (broad SMARTS) is 1. The smallest absolute Gasteiger partial charge is 0.395 e. The third-order valence-electron chi connectivity index (χ3n) is 7.82. The molecule has 5 aromatic rings. The van der Waals surface area contributed by atoms with Gasteiger partial charge in [-0.15, -0.1) is 11.3 Å². The second-order valence-corrected chi connectivity index (χ2v) is 12.5. The van der Waals surface area contributed by atoms with Crippen LogP contribution in [0.25, 0.3) is 32.2 Å². The number of anilines is 1. The van der Waals surface area contributed by atoms with E-state index < -0.39 is 23.6 Å². The lowest BCUT2D eigenvalue weighted by atomic mass is 9.96. The van der Waals surface area contributed by atoms with Crippen molar-refractivity contribution in [3.05, 3.63) is 78.8 Å². The van der Waals surface area contributed by atoms with E-state index >= 15 is 0 Å². The van der Waals surface area contributed by atoms with Gasteiger partial charge in [0, 0.05) is 40.3 Å². The molecule has 1 N–H and O–H groups in total. The van der Waals surface area contributed by atoms with Crippen molar-refractivity contribution in [2.45, 2.75) is 26.6 Å². The number of hydrogen-bond donors (Lipinski definition) is 1. The summed E-state index contributed by atoms with van der Waals surface area (Å²) in [6.07, 6.45) is -4.38. The highest BCUT2D eigenvalue weighted by Gasteiger charge is 2.48. The first-order chi connectivity index (χ1) is 21.8. The second kappa shape index (κ2) is 11.8. The molecule has 0 bridgehead atoms. The maximum Gasteiger partial charge on any atom is 0.395 e. The highest BCUT2D eigenvalue weighted by atomic mass is 35.5. The minimum absolute atomic E-state index is 0.0116. The molecule has 1 fully saturated rings. The van der Waals surface area contributed by atoms with Gasteiger partial charge in [0.05, 0.1) is 55.4 Å². The summed E-state index contributed by atoms with van der Waals surface area (Å²) in [4.78, 5) is 35.8. The zero-order chi connectivity index (χ0) is 33.1. The minimum Gasteiger partial charge on any atom is -0.491 e. The van der Waals surface area contributed by atoms with E-state index in [2.05, 4.69) is 9.97 Å². The van der Waals surface area contributed by atoms with Crippen LogP contribution in [0.4, 0.5) is 18.9 Å². The number of aromatic carboxylic acids is 1. The van der Waals surface area contributed by atoms with Crippen LogP contribution in [-0.4, -0.2) is 51.5 Å². The van der Waals surface area contributed by atoms with Gasteiger partial charge in [0.1, 0.15) is 24.3 Å². The molecule has 0 amide bonds. The molecule has 0 spiro atoms. The molecule has 236 valence electrons. The summed E-state index contributed by atoms with van der Waals surface area (Å²) in [6.45, 7) is 2.62. The summed E-state index contributed by atoms with van der Waals surface area (Å²) in [6, 6.07) is 10.2. The molecule has 0 saturated carbocycles. The first-order valence-corrected chi connectivity index (χ1v) is 15.4. The normalized spacial score (nSPS) is 13.7. The number of thiophene rings is 1. The molecule has 0 atom stereocenters. The number of halogens is 5. The number of carbonyl (C=O) groups is 1.